The van der Waals surface area contributed by atoms with Crippen molar-refractivity contribution in [2.45, 2.75) is 26.7 Å². The Morgan fingerprint density at radius 2 is 2.40 bits per heavy atom. The first-order valence-corrected chi connectivity index (χ1v) is 3.85. The van der Waals surface area contributed by atoms with Crippen LogP contribution in [-0.2, 0) is 4.79 Å². The minimum absolute atomic E-state index is 0.281. The predicted octanol–water partition coefficient (Wildman–Crippen LogP) is 2.18. The highest BCUT2D eigenvalue weighted by atomic mass is 16.1. The van der Waals surface area contributed by atoms with Crippen LogP contribution in [-0.4, -0.2) is 6.29 Å². The van der Waals surface area contributed by atoms with Gasteiger partial charge in [0, 0.05) is 5.92 Å². The molecule has 1 aliphatic rings. The second-order valence-corrected chi connectivity index (χ2v) is 3.27. The summed E-state index contributed by atoms with van der Waals surface area (Å²) in [6.07, 6.45) is 5.33. The monoisotopic (exact) mass is 138 g/mol. The Labute approximate surface area is 62.1 Å². The molecule has 0 aliphatic heterocycles. The number of allylic oxidation sites excluding steroid dienone is 2. The maximum absolute atomic E-state index is 10.4. The molecule has 0 bridgehead atoms. The van der Waals surface area contributed by atoms with Crippen LogP contribution in [0.2, 0.25) is 0 Å². The van der Waals surface area contributed by atoms with Gasteiger partial charge in [-0.3, -0.25) is 0 Å². The molecule has 56 valence electrons. The van der Waals surface area contributed by atoms with Crippen LogP contribution in [0.5, 0.6) is 0 Å². The van der Waals surface area contributed by atoms with Crippen LogP contribution in [0.4, 0.5) is 0 Å². The largest absolute Gasteiger partial charge is 0.303 e. The maximum atomic E-state index is 10.4. The molecule has 2 atom stereocenters. The molecule has 0 amide bonds. The van der Waals surface area contributed by atoms with Gasteiger partial charge in [0.15, 0.2) is 0 Å². The van der Waals surface area contributed by atoms with E-state index in [1.54, 1.807) is 0 Å². The third-order valence-corrected chi connectivity index (χ3v) is 2.29. The molecule has 1 nitrogen and oxygen atoms in total. The number of rotatable bonds is 1. The lowest BCUT2D eigenvalue weighted by Gasteiger charge is -2.22. The smallest absolute Gasteiger partial charge is 0.123 e. The summed E-state index contributed by atoms with van der Waals surface area (Å²) in [5.74, 6) is 0.839. The van der Waals surface area contributed by atoms with Crippen LogP contribution in [0.3, 0.4) is 0 Å². The standard InChI is InChI=1S/C9H14O/c1-7-3-4-9(6-10)8(2)5-7/h3,6,8-9H,4-5H2,1-2H3. The van der Waals surface area contributed by atoms with Crippen molar-refractivity contribution in [3.63, 3.8) is 0 Å². The first-order chi connectivity index (χ1) is 4.74. The van der Waals surface area contributed by atoms with E-state index < -0.39 is 0 Å². The maximum Gasteiger partial charge on any atom is 0.123 e. The molecule has 0 saturated heterocycles. The van der Waals surface area contributed by atoms with Gasteiger partial charge < -0.3 is 4.79 Å². The predicted molar refractivity (Wildman–Crippen MR) is 41.7 cm³/mol. The van der Waals surface area contributed by atoms with E-state index >= 15 is 0 Å². The van der Waals surface area contributed by atoms with Crippen LogP contribution in [0.25, 0.3) is 0 Å². The van der Waals surface area contributed by atoms with Crippen molar-refractivity contribution in [3.8, 4) is 0 Å². The Morgan fingerprint density at radius 3 is 2.90 bits per heavy atom. The zero-order chi connectivity index (χ0) is 7.56. The summed E-state index contributed by atoms with van der Waals surface area (Å²) >= 11 is 0. The molecule has 0 N–H and O–H groups in total. The molecule has 0 saturated carbocycles. The Hall–Kier alpha value is -0.590. The molecule has 0 fully saturated rings. The number of carbonyl (C=O) groups is 1. The number of hydrogen-bond donors (Lipinski definition) is 0. The summed E-state index contributed by atoms with van der Waals surface area (Å²) in [5.41, 5.74) is 1.44. The third kappa shape index (κ3) is 1.47. The molecule has 1 rings (SSSR count). The average Bonchev–Trinajstić information content (AvgIpc) is 1.88. The van der Waals surface area contributed by atoms with Crippen molar-refractivity contribution >= 4 is 6.29 Å². The van der Waals surface area contributed by atoms with Crippen molar-refractivity contribution < 1.29 is 4.79 Å². The SMILES string of the molecule is CC1=CCC(C=O)C(C)C1. The van der Waals surface area contributed by atoms with Gasteiger partial charge in [-0.1, -0.05) is 18.6 Å². The van der Waals surface area contributed by atoms with Gasteiger partial charge >= 0.3 is 0 Å². The minimum Gasteiger partial charge on any atom is -0.303 e. The van der Waals surface area contributed by atoms with E-state index in [0.717, 1.165) is 19.1 Å². The molecule has 0 aromatic heterocycles. The van der Waals surface area contributed by atoms with E-state index in [9.17, 15) is 4.79 Å². The van der Waals surface area contributed by atoms with E-state index in [2.05, 4.69) is 19.9 Å². The van der Waals surface area contributed by atoms with Gasteiger partial charge in [-0.15, -0.1) is 0 Å². The number of carbonyl (C=O) groups excluding carboxylic acids is 1. The quantitative estimate of drug-likeness (QED) is 0.401. The average molecular weight is 138 g/mol. The van der Waals surface area contributed by atoms with Crippen molar-refractivity contribution in [1.82, 2.24) is 0 Å². The van der Waals surface area contributed by atoms with Gasteiger partial charge in [-0.05, 0) is 25.7 Å². The summed E-state index contributed by atoms with van der Waals surface area (Å²) < 4.78 is 0. The molecule has 0 aromatic carbocycles. The molecular weight excluding hydrogens is 124 g/mol. The third-order valence-electron chi connectivity index (χ3n) is 2.29. The topological polar surface area (TPSA) is 17.1 Å². The van der Waals surface area contributed by atoms with Gasteiger partial charge in [-0.25, -0.2) is 0 Å². The van der Waals surface area contributed by atoms with Gasteiger partial charge in [0.05, 0.1) is 0 Å². The Kier molecular flexibility index (Phi) is 2.25. The Morgan fingerprint density at radius 1 is 1.70 bits per heavy atom. The molecule has 1 heteroatoms. The number of aldehydes is 1. The zero-order valence-electron chi connectivity index (χ0n) is 6.63. The summed E-state index contributed by atoms with van der Waals surface area (Å²) in [6.45, 7) is 4.28. The van der Waals surface area contributed by atoms with Gasteiger partial charge in [0.25, 0.3) is 0 Å². The Balaban J connectivity index is 2.60. The lowest BCUT2D eigenvalue weighted by Crippen LogP contribution is -2.16. The van der Waals surface area contributed by atoms with Crippen LogP contribution >= 0.6 is 0 Å². The van der Waals surface area contributed by atoms with Crippen molar-refractivity contribution in [3.05, 3.63) is 11.6 Å². The Bertz CT molecular complexity index is 158. The van der Waals surface area contributed by atoms with Gasteiger partial charge in [0.2, 0.25) is 0 Å². The highest BCUT2D eigenvalue weighted by Gasteiger charge is 2.19. The summed E-state index contributed by atoms with van der Waals surface area (Å²) in [5, 5.41) is 0. The molecule has 0 heterocycles. The van der Waals surface area contributed by atoms with E-state index in [1.807, 2.05) is 0 Å². The second-order valence-electron chi connectivity index (χ2n) is 3.27. The van der Waals surface area contributed by atoms with Crippen molar-refractivity contribution in [2.24, 2.45) is 11.8 Å². The molecule has 0 aromatic rings. The van der Waals surface area contributed by atoms with E-state index in [4.69, 9.17) is 0 Å². The first-order valence-electron chi connectivity index (χ1n) is 3.85. The van der Waals surface area contributed by atoms with Gasteiger partial charge in [-0.2, -0.15) is 0 Å². The van der Waals surface area contributed by atoms with E-state index in [-0.39, 0.29) is 5.92 Å². The molecule has 10 heavy (non-hydrogen) atoms. The lowest BCUT2D eigenvalue weighted by molar-refractivity contribution is -0.112. The van der Waals surface area contributed by atoms with Crippen molar-refractivity contribution in [1.29, 1.82) is 0 Å². The van der Waals surface area contributed by atoms with Crippen molar-refractivity contribution in [2.75, 3.05) is 0 Å². The minimum atomic E-state index is 0.281. The first kappa shape index (κ1) is 7.52. The fourth-order valence-electron chi connectivity index (χ4n) is 1.50. The number of hydrogen-bond acceptors (Lipinski definition) is 1. The van der Waals surface area contributed by atoms with E-state index in [0.29, 0.717) is 5.92 Å². The molecule has 0 spiro atoms. The zero-order valence-corrected chi connectivity index (χ0v) is 6.63. The van der Waals surface area contributed by atoms with E-state index in [1.165, 1.54) is 5.57 Å². The molecule has 2 unspecified atom stereocenters. The second kappa shape index (κ2) is 3.00. The van der Waals surface area contributed by atoms with Crippen LogP contribution in [0.1, 0.15) is 26.7 Å². The fraction of sp³-hybridized carbons (Fsp3) is 0.667. The highest BCUT2D eigenvalue weighted by molar-refractivity contribution is 5.55. The van der Waals surface area contributed by atoms with Gasteiger partial charge in [0.1, 0.15) is 6.29 Å². The molecule has 0 radical (unpaired) electrons. The highest BCUT2D eigenvalue weighted by Crippen LogP contribution is 2.27. The molecule has 1 aliphatic carbocycles. The fourth-order valence-corrected chi connectivity index (χ4v) is 1.50. The summed E-state index contributed by atoms with van der Waals surface area (Å²) in [4.78, 5) is 10.4. The van der Waals surface area contributed by atoms with Crippen LogP contribution < -0.4 is 0 Å². The molecular formula is C9H14O. The summed E-state index contributed by atoms with van der Waals surface area (Å²) in [6, 6.07) is 0. The lowest BCUT2D eigenvalue weighted by atomic mass is 9.82. The normalized spacial score (nSPS) is 33.2. The van der Waals surface area contributed by atoms with Crippen LogP contribution in [0.15, 0.2) is 11.6 Å². The van der Waals surface area contributed by atoms with Crippen LogP contribution in [0, 0.1) is 11.8 Å². The summed E-state index contributed by atoms with van der Waals surface area (Å²) in [7, 11) is 0.